The van der Waals surface area contributed by atoms with Crippen LogP contribution >= 0.6 is 0 Å². The van der Waals surface area contributed by atoms with E-state index >= 15 is 0 Å². The van der Waals surface area contributed by atoms with Gasteiger partial charge in [-0.25, -0.2) is 0 Å². The van der Waals surface area contributed by atoms with Crippen LogP contribution < -0.4 is 5.32 Å². The molecule has 2 atom stereocenters. The molecule has 0 saturated heterocycles. The van der Waals surface area contributed by atoms with Gasteiger partial charge in [-0.15, -0.1) is 0 Å². The Hall–Kier alpha value is -0.860. The van der Waals surface area contributed by atoms with Gasteiger partial charge in [0.1, 0.15) is 0 Å². The quantitative estimate of drug-likeness (QED) is 0.845. The molecule has 0 radical (unpaired) electrons. The van der Waals surface area contributed by atoms with Gasteiger partial charge in [0, 0.05) is 12.6 Å². The zero-order valence-electron chi connectivity index (χ0n) is 12.7. The SMILES string of the molecule is CNC1CCCC1CCN(C)Cc1cccc(C)c1. The van der Waals surface area contributed by atoms with Crippen LogP contribution in [0.1, 0.15) is 36.8 Å². The predicted molar refractivity (Wildman–Crippen MR) is 82.3 cm³/mol. The van der Waals surface area contributed by atoms with Gasteiger partial charge < -0.3 is 10.2 Å². The van der Waals surface area contributed by atoms with Crippen LogP contribution in [0.5, 0.6) is 0 Å². The monoisotopic (exact) mass is 260 g/mol. The van der Waals surface area contributed by atoms with Crippen LogP contribution in [0.25, 0.3) is 0 Å². The van der Waals surface area contributed by atoms with Crippen molar-refractivity contribution in [2.75, 3.05) is 20.6 Å². The summed E-state index contributed by atoms with van der Waals surface area (Å²) < 4.78 is 0. The number of nitrogens with zero attached hydrogens (tertiary/aromatic N) is 1. The summed E-state index contributed by atoms with van der Waals surface area (Å²) in [6.07, 6.45) is 5.50. The molecule has 106 valence electrons. The van der Waals surface area contributed by atoms with Crippen molar-refractivity contribution in [2.24, 2.45) is 5.92 Å². The first kappa shape index (κ1) is 14.5. The van der Waals surface area contributed by atoms with E-state index in [4.69, 9.17) is 0 Å². The van der Waals surface area contributed by atoms with Crippen molar-refractivity contribution in [1.82, 2.24) is 10.2 Å². The number of nitrogens with one attached hydrogen (secondary N) is 1. The van der Waals surface area contributed by atoms with Crippen molar-refractivity contribution in [3.05, 3.63) is 35.4 Å². The van der Waals surface area contributed by atoms with Gasteiger partial charge >= 0.3 is 0 Å². The Morgan fingerprint density at radius 1 is 1.32 bits per heavy atom. The minimum absolute atomic E-state index is 0.757. The Morgan fingerprint density at radius 3 is 2.89 bits per heavy atom. The fourth-order valence-electron chi connectivity index (χ4n) is 3.35. The molecule has 0 aliphatic heterocycles. The average Bonchev–Trinajstić information content (AvgIpc) is 2.83. The van der Waals surface area contributed by atoms with E-state index in [0.717, 1.165) is 18.5 Å². The minimum Gasteiger partial charge on any atom is -0.317 e. The molecular weight excluding hydrogens is 232 g/mol. The first-order chi connectivity index (χ1) is 9.19. The summed E-state index contributed by atoms with van der Waals surface area (Å²) in [6, 6.07) is 9.61. The number of hydrogen-bond donors (Lipinski definition) is 1. The van der Waals surface area contributed by atoms with Crippen molar-refractivity contribution in [3.8, 4) is 0 Å². The van der Waals surface area contributed by atoms with Crippen LogP contribution in [0.4, 0.5) is 0 Å². The molecule has 1 saturated carbocycles. The lowest BCUT2D eigenvalue weighted by atomic mass is 9.99. The fraction of sp³-hybridized carbons (Fsp3) is 0.647. The standard InChI is InChI=1S/C17H28N2/c1-14-6-4-7-15(12-14)13-19(3)11-10-16-8-5-9-17(16)18-2/h4,6-7,12,16-18H,5,8-11,13H2,1-3H3. The Labute approximate surface area is 118 Å². The van der Waals surface area contributed by atoms with E-state index in [-0.39, 0.29) is 0 Å². The van der Waals surface area contributed by atoms with Crippen LogP contribution in [0, 0.1) is 12.8 Å². The molecule has 0 bridgehead atoms. The molecule has 1 aliphatic rings. The summed E-state index contributed by atoms with van der Waals surface area (Å²) in [5, 5.41) is 3.48. The normalized spacial score (nSPS) is 23.2. The third kappa shape index (κ3) is 4.32. The molecule has 0 aromatic heterocycles. The summed E-state index contributed by atoms with van der Waals surface area (Å²) in [5.74, 6) is 0.880. The summed E-state index contributed by atoms with van der Waals surface area (Å²) in [7, 11) is 4.35. The highest BCUT2D eigenvalue weighted by atomic mass is 15.1. The van der Waals surface area contributed by atoms with Crippen LogP contribution in [0.15, 0.2) is 24.3 Å². The molecule has 2 unspecified atom stereocenters. The summed E-state index contributed by atoms with van der Waals surface area (Å²) in [4.78, 5) is 2.46. The third-order valence-electron chi connectivity index (χ3n) is 4.45. The van der Waals surface area contributed by atoms with Crippen LogP contribution in [-0.4, -0.2) is 31.6 Å². The molecule has 2 heteroatoms. The number of benzene rings is 1. The topological polar surface area (TPSA) is 15.3 Å². The predicted octanol–water partition coefficient (Wildman–Crippen LogP) is 3.21. The number of rotatable bonds is 6. The van der Waals surface area contributed by atoms with Gasteiger partial charge in [-0.1, -0.05) is 36.2 Å². The molecule has 1 aromatic carbocycles. The fourth-order valence-corrected chi connectivity index (χ4v) is 3.35. The first-order valence-electron chi connectivity index (χ1n) is 7.60. The molecule has 1 aromatic rings. The third-order valence-corrected chi connectivity index (χ3v) is 4.45. The molecule has 2 rings (SSSR count). The second kappa shape index (κ2) is 7.06. The Balaban J connectivity index is 1.77. The van der Waals surface area contributed by atoms with Gasteiger partial charge in [-0.05, 0) is 58.3 Å². The molecule has 0 spiro atoms. The van der Waals surface area contributed by atoms with Gasteiger partial charge in [0.15, 0.2) is 0 Å². The van der Waals surface area contributed by atoms with E-state index in [1.807, 2.05) is 0 Å². The second-order valence-electron chi connectivity index (χ2n) is 6.10. The zero-order valence-corrected chi connectivity index (χ0v) is 12.7. The second-order valence-corrected chi connectivity index (χ2v) is 6.10. The van der Waals surface area contributed by atoms with Crippen molar-refractivity contribution in [2.45, 2.75) is 45.2 Å². The van der Waals surface area contributed by atoms with E-state index < -0.39 is 0 Å². The molecule has 19 heavy (non-hydrogen) atoms. The van der Waals surface area contributed by atoms with Crippen LogP contribution in [0.3, 0.4) is 0 Å². The van der Waals surface area contributed by atoms with E-state index in [1.165, 1.54) is 43.4 Å². The lowest BCUT2D eigenvalue weighted by Crippen LogP contribution is -2.31. The maximum Gasteiger partial charge on any atom is 0.0230 e. The van der Waals surface area contributed by atoms with E-state index in [9.17, 15) is 0 Å². The summed E-state index contributed by atoms with van der Waals surface area (Å²) >= 11 is 0. The Bertz CT molecular complexity index is 389. The summed E-state index contributed by atoms with van der Waals surface area (Å²) in [5.41, 5.74) is 2.79. The number of aryl methyl sites for hydroxylation is 1. The van der Waals surface area contributed by atoms with Crippen molar-refractivity contribution < 1.29 is 0 Å². The Morgan fingerprint density at radius 2 is 2.16 bits per heavy atom. The highest BCUT2D eigenvalue weighted by molar-refractivity contribution is 5.21. The average molecular weight is 260 g/mol. The maximum absolute atomic E-state index is 3.48. The van der Waals surface area contributed by atoms with Crippen molar-refractivity contribution in [3.63, 3.8) is 0 Å². The molecule has 2 nitrogen and oxygen atoms in total. The van der Waals surface area contributed by atoms with Gasteiger partial charge in [-0.3, -0.25) is 0 Å². The molecule has 1 fully saturated rings. The van der Waals surface area contributed by atoms with Crippen molar-refractivity contribution in [1.29, 1.82) is 0 Å². The lowest BCUT2D eigenvalue weighted by molar-refractivity contribution is 0.278. The van der Waals surface area contributed by atoms with Crippen molar-refractivity contribution >= 4 is 0 Å². The lowest BCUT2D eigenvalue weighted by Gasteiger charge is -2.23. The number of hydrogen-bond acceptors (Lipinski definition) is 2. The molecule has 0 amide bonds. The highest BCUT2D eigenvalue weighted by Gasteiger charge is 2.25. The van der Waals surface area contributed by atoms with Crippen LogP contribution in [-0.2, 0) is 6.54 Å². The maximum atomic E-state index is 3.48. The molecule has 1 N–H and O–H groups in total. The van der Waals surface area contributed by atoms with Crippen LogP contribution in [0.2, 0.25) is 0 Å². The summed E-state index contributed by atoms with van der Waals surface area (Å²) in [6.45, 7) is 4.44. The molecular formula is C17H28N2. The molecule has 1 aliphatic carbocycles. The zero-order chi connectivity index (χ0) is 13.7. The van der Waals surface area contributed by atoms with E-state index in [2.05, 4.69) is 55.5 Å². The smallest absolute Gasteiger partial charge is 0.0230 e. The minimum atomic E-state index is 0.757. The van der Waals surface area contributed by atoms with Gasteiger partial charge in [0.2, 0.25) is 0 Å². The van der Waals surface area contributed by atoms with Gasteiger partial charge in [0.05, 0.1) is 0 Å². The highest BCUT2D eigenvalue weighted by Crippen LogP contribution is 2.28. The van der Waals surface area contributed by atoms with E-state index in [1.54, 1.807) is 0 Å². The van der Waals surface area contributed by atoms with Gasteiger partial charge in [-0.2, -0.15) is 0 Å². The Kier molecular flexibility index (Phi) is 5.41. The molecule has 0 heterocycles. The largest absolute Gasteiger partial charge is 0.317 e. The van der Waals surface area contributed by atoms with E-state index in [0.29, 0.717) is 0 Å². The first-order valence-corrected chi connectivity index (χ1v) is 7.60. The van der Waals surface area contributed by atoms with Gasteiger partial charge in [0.25, 0.3) is 0 Å².